The van der Waals surface area contributed by atoms with Crippen molar-refractivity contribution in [1.82, 2.24) is 4.90 Å². The highest BCUT2D eigenvalue weighted by Gasteiger charge is 2.38. The standard InChI is InChI=1S/C24H29N3O3/c1-6-27-23(28)21(17-7-13-20(14-8-17)30-15-16(2)3)22(24(27)29)25-18-9-11-19(12-10-18)26(4)5/h7-14,16,25H,6,15H2,1-5H3. The highest BCUT2D eigenvalue weighted by atomic mass is 16.5. The van der Waals surface area contributed by atoms with Gasteiger partial charge in [0.05, 0.1) is 12.2 Å². The number of carbonyl (C=O) groups excluding carboxylic acids is 2. The lowest BCUT2D eigenvalue weighted by molar-refractivity contribution is -0.136. The average molecular weight is 408 g/mol. The Morgan fingerprint density at radius 2 is 1.60 bits per heavy atom. The number of likely N-dealkylation sites (N-methyl/N-ethyl adjacent to an activating group) is 1. The molecule has 2 amide bonds. The molecule has 0 bridgehead atoms. The molecule has 0 atom stereocenters. The van der Waals surface area contributed by atoms with E-state index in [0.29, 0.717) is 35.9 Å². The number of imide groups is 1. The van der Waals surface area contributed by atoms with Gasteiger partial charge in [0.25, 0.3) is 11.8 Å². The van der Waals surface area contributed by atoms with Crippen LogP contribution in [0.25, 0.3) is 5.57 Å². The quantitative estimate of drug-likeness (QED) is 0.670. The minimum absolute atomic E-state index is 0.286. The van der Waals surface area contributed by atoms with Crippen LogP contribution in [0.1, 0.15) is 26.3 Å². The van der Waals surface area contributed by atoms with Gasteiger partial charge in [-0.25, -0.2) is 0 Å². The van der Waals surface area contributed by atoms with Crippen LogP contribution in [0.15, 0.2) is 54.2 Å². The van der Waals surface area contributed by atoms with Crippen LogP contribution >= 0.6 is 0 Å². The number of benzene rings is 2. The molecule has 2 aromatic rings. The third-order valence-electron chi connectivity index (χ3n) is 4.86. The fraction of sp³-hybridized carbons (Fsp3) is 0.333. The molecule has 0 spiro atoms. The second kappa shape index (κ2) is 9.03. The Kier molecular flexibility index (Phi) is 6.45. The summed E-state index contributed by atoms with van der Waals surface area (Å²) in [6, 6.07) is 15.0. The van der Waals surface area contributed by atoms with Gasteiger partial charge in [-0.2, -0.15) is 0 Å². The average Bonchev–Trinajstić information content (AvgIpc) is 2.96. The Hall–Kier alpha value is -3.28. The van der Waals surface area contributed by atoms with Gasteiger partial charge >= 0.3 is 0 Å². The van der Waals surface area contributed by atoms with E-state index in [0.717, 1.165) is 17.1 Å². The van der Waals surface area contributed by atoms with Crippen molar-refractivity contribution in [1.29, 1.82) is 0 Å². The normalized spacial score (nSPS) is 14.0. The molecule has 0 fully saturated rings. The van der Waals surface area contributed by atoms with E-state index in [2.05, 4.69) is 19.2 Å². The lowest BCUT2D eigenvalue weighted by atomic mass is 10.0. The zero-order chi connectivity index (χ0) is 21.8. The fourth-order valence-corrected chi connectivity index (χ4v) is 3.21. The summed E-state index contributed by atoms with van der Waals surface area (Å²) >= 11 is 0. The fourth-order valence-electron chi connectivity index (χ4n) is 3.21. The van der Waals surface area contributed by atoms with Crippen LogP contribution in [0, 0.1) is 5.92 Å². The summed E-state index contributed by atoms with van der Waals surface area (Å²) in [4.78, 5) is 29.1. The van der Waals surface area contributed by atoms with Gasteiger partial charge < -0.3 is 15.0 Å². The van der Waals surface area contributed by atoms with E-state index >= 15 is 0 Å². The third kappa shape index (κ3) is 4.48. The molecular formula is C24H29N3O3. The molecular weight excluding hydrogens is 378 g/mol. The number of rotatable bonds is 8. The van der Waals surface area contributed by atoms with Crippen molar-refractivity contribution >= 4 is 28.8 Å². The lowest BCUT2D eigenvalue weighted by Crippen LogP contribution is -2.32. The van der Waals surface area contributed by atoms with Crippen molar-refractivity contribution in [2.45, 2.75) is 20.8 Å². The molecule has 0 radical (unpaired) electrons. The second-order valence-electron chi connectivity index (χ2n) is 7.90. The number of anilines is 2. The van der Waals surface area contributed by atoms with E-state index in [4.69, 9.17) is 4.74 Å². The Labute approximate surface area is 178 Å². The number of ether oxygens (including phenoxy) is 1. The van der Waals surface area contributed by atoms with Crippen molar-refractivity contribution in [3.63, 3.8) is 0 Å². The molecule has 3 rings (SSSR count). The second-order valence-corrected chi connectivity index (χ2v) is 7.90. The van der Waals surface area contributed by atoms with E-state index in [1.807, 2.05) is 67.5 Å². The highest BCUT2D eigenvalue weighted by Crippen LogP contribution is 2.31. The van der Waals surface area contributed by atoms with Gasteiger partial charge in [0.2, 0.25) is 0 Å². The van der Waals surface area contributed by atoms with Crippen molar-refractivity contribution in [3.8, 4) is 5.75 Å². The molecule has 30 heavy (non-hydrogen) atoms. The molecule has 1 heterocycles. The van der Waals surface area contributed by atoms with Crippen LogP contribution < -0.4 is 15.0 Å². The zero-order valence-electron chi connectivity index (χ0n) is 18.2. The number of amides is 2. The van der Waals surface area contributed by atoms with Gasteiger partial charge in [-0.3, -0.25) is 14.5 Å². The first-order chi connectivity index (χ1) is 14.3. The molecule has 1 aliphatic heterocycles. The summed E-state index contributed by atoms with van der Waals surface area (Å²) in [5.41, 5.74) is 3.18. The SMILES string of the molecule is CCN1C(=O)C(Nc2ccc(N(C)C)cc2)=C(c2ccc(OCC(C)C)cc2)C1=O. The first kappa shape index (κ1) is 21.4. The first-order valence-corrected chi connectivity index (χ1v) is 10.2. The van der Waals surface area contributed by atoms with Crippen LogP contribution in [0.2, 0.25) is 0 Å². The summed E-state index contributed by atoms with van der Waals surface area (Å²) < 4.78 is 5.73. The van der Waals surface area contributed by atoms with Crippen molar-refractivity contribution < 1.29 is 14.3 Å². The van der Waals surface area contributed by atoms with Crippen LogP contribution in [-0.4, -0.2) is 44.0 Å². The Morgan fingerprint density at radius 1 is 0.967 bits per heavy atom. The van der Waals surface area contributed by atoms with Crippen molar-refractivity contribution in [2.24, 2.45) is 5.92 Å². The molecule has 1 aliphatic rings. The summed E-state index contributed by atoms with van der Waals surface area (Å²) in [6.45, 7) is 6.92. The maximum absolute atomic E-state index is 13.0. The zero-order valence-corrected chi connectivity index (χ0v) is 18.2. The molecule has 0 aromatic heterocycles. The predicted octanol–water partition coefficient (Wildman–Crippen LogP) is 4.00. The van der Waals surface area contributed by atoms with Crippen LogP contribution in [0.3, 0.4) is 0 Å². The number of hydrogen-bond donors (Lipinski definition) is 1. The maximum Gasteiger partial charge on any atom is 0.278 e. The van der Waals surface area contributed by atoms with Crippen molar-refractivity contribution in [3.05, 3.63) is 59.8 Å². The van der Waals surface area contributed by atoms with Gasteiger partial charge in [0.15, 0.2) is 0 Å². The number of nitrogens with zero attached hydrogens (tertiary/aromatic N) is 2. The minimum Gasteiger partial charge on any atom is -0.493 e. The maximum atomic E-state index is 13.0. The van der Waals surface area contributed by atoms with E-state index < -0.39 is 0 Å². The summed E-state index contributed by atoms with van der Waals surface area (Å²) in [5.74, 6) is 0.570. The first-order valence-electron chi connectivity index (χ1n) is 10.2. The molecule has 6 nitrogen and oxygen atoms in total. The number of hydrogen-bond acceptors (Lipinski definition) is 5. The molecule has 0 aliphatic carbocycles. The van der Waals surface area contributed by atoms with E-state index in [1.165, 1.54) is 4.90 Å². The van der Waals surface area contributed by atoms with E-state index in [-0.39, 0.29) is 11.8 Å². The van der Waals surface area contributed by atoms with Gasteiger partial charge in [0.1, 0.15) is 11.4 Å². The molecule has 0 saturated carbocycles. The van der Waals surface area contributed by atoms with Crippen LogP contribution in [0.5, 0.6) is 5.75 Å². The Morgan fingerprint density at radius 3 is 2.13 bits per heavy atom. The van der Waals surface area contributed by atoms with Gasteiger partial charge in [-0.1, -0.05) is 26.0 Å². The largest absolute Gasteiger partial charge is 0.493 e. The van der Waals surface area contributed by atoms with Gasteiger partial charge in [0, 0.05) is 32.0 Å². The monoisotopic (exact) mass is 407 g/mol. The Bertz CT molecular complexity index is 945. The van der Waals surface area contributed by atoms with Crippen LogP contribution in [-0.2, 0) is 9.59 Å². The molecule has 6 heteroatoms. The van der Waals surface area contributed by atoms with Crippen LogP contribution in [0.4, 0.5) is 11.4 Å². The highest BCUT2D eigenvalue weighted by molar-refractivity contribution is 6.36. The lowest BCUT2D eigenvalue weighted by Gasteiger charge is -2.14. The predicted molar refractivity (Wildman–Crippen MR) is 120 cm³/mol. The summed E-state index contributed by atoms with van der Waals surface area (Å²) in [7, 11) is 3.94. The summed E-state index contributed by atoms with van der Waals surface area (Å²) in [5, 5.41) is 3.17. The molecule has 2 aromatic carbocycles. The Balaban J connectivity index is 1.93. The molecule has 0 saturated heterocycles. The number of carbonyl (C=O) groups is 2. The number of nitrogens with one attached hydrogen (secondary N) is 1. The molecule has 1 N–H and O–H groups in total. The smallest absolute Gasteiger partial charge is 0.278 e. The molecule has 158 valence electrons. The van der Waals surface area contributed by atoms with Crippen molar-refractivity contribution in [2.75, 3.05) is 37.5 Å². The van der Waals surface area contributed by atoms with E-state index in [1.54, 1.807) is 6.92 Å². The van der Waals surface area contributed by atoms with Gasteiger partial charge in [-0.05, 0) is 54.8 Å². The third-order valence-corrected chi connectivity index (χ3v) is 4.86. The summed E-state index contributed by atoms with van der Waals surface area (Å²) in [6.07, 6.45) is 0. The minimum atomic E-state index is -0.311. The van der Waals surface area contributed by atoms with E-state index in [9.17, 15) is 9.59 Å². The topological polar surface area (TPSA) is 61.9 Å². The molecule has 0 unspecified atom stereocenters. The van der Waals surface area contributed by atoms with Gasteiger partial charge in [-0.15, -0.1) is 0 Å².